The van der Waals surface area contributed by atoms with Crippen molar-refractivity contribution in [1.82, 2.24) is 10.2 Å². The van der Waals surface area contributed by atoms with Crippen molar-refractivity contribution in [3.05, 3.63) is 17.0 Å². The zero-order valence-electron chi connectivity index (χ0n) is 6.77. The fourth-order valence-electron chi connectivity index (χ4n) is 0.935. The van der Waals surface area contributed by atoms with Crippen LogP contribution in [0.15, 0.2) is 0 Å². The van der Waals surface area contributed by atoms with E-state index in [0.717, 1.165) is 0 Å². The van der Waals surface area contributed by atoms with E-state index in [9.17, 15) is 26.7 Å². The highest BCUT2D eigenvalue weighted by atomic mass is 19.4. The second-order valence-electron chi connectivity index (χ2n) is 2.46. The highest BCUT2D eigenvalue weighted by Crippen LogP contribution is 2.34. The second kappa shape index (κ2) is 3.48. The zero-order chi connectivity index (χ0) is 11.8. The summed E-state index contributed by atoms with van der Waals surface area (Å²) in [4.78, 5) is 10.4. The number of aromatic nitrogens is 2. The Balaban J connectivity index is 3.37. The molecular formula is C6H3F5N2O2. The van der Waals surface area contributed by atoms with Crippen LogP contribution in [0.5, 0.6) is 0 Å². The topological polar surface area (TPSA) is 66.0 Å². The first-order valence-corrected chi connectivity index (χ1v) is 3.42. The predicted molar refractivity (Wildman–Crippen MR) is 35.5 cm³/mol. The van der Waals surface area contributed by atoms with Crippen LogP contribution in [0.3, 0.4) is 0 Å². The van der Waals surface area contributed by atoms with E-state index in [2.05, 4.69) is 5.10 Å². The molecule has 1 rings (SSSR count). The molecule has 0 saturated carbocycles. The highest BCUT2D eigenvalue weighted by Gasteiger charge is 2.41. The summed E-state index contributed by atoms with van der Waals surface area (Å²) >= 11 is 0. The molecule has 0 aliphatic heterocycles. The Morgan fingerprint density at radius 2 is 1.93 bits per heavy atom. The molecule has 84 valence electrons. The Labute approximate surface area is 78.7 Å². The highest BCUT2D eigenvalue weighted by molar-refractivity contribution is 5.90. The number of halogens is 5. The van der Waals surface area contributed by atoms with Crippen molar-refractivity contribution in [1.29, 1.82) is 0 Å². The van der Waals surface area contributed by atoms with Crippen molar-refractivity contribution in [2.75, 3.05) is 0 Å². The van der Waals surface area contributed by atoms with Crippen LogP contribution in [-0.4, -0.2) is 21.3 Å². The largest absolute Gasteiger partial charge is 0.478 e. The molecule has 15 heavy (non-hydrogen) atoms. The maximum Gasteiger partial charge on any atom is 0.436 e. The van der Waals surface area contributed by atoms with E-state index in [1.54, 1.807) is 0 Å². The average Bonchev–Trinajstić information content (AvgIpc) is 2.45. The summed E-state index contributed by atoms with van der Waals surface area (Å²) in [5.74, 6) is -2.11. The minimum Gasteiger partial charge on any atom is -0.478 e. The molecule has 0 unspecified atom stereocenters. The number of carboxylic acids is 1. The van der Waals surface area contributed by atoms with Gasteiger partial charge >= 0.3 is 12.1 Å². The van der Waals surface area contributed by atoms with Gasteiger partial charge in [0.15, 0.2) is 5.69 Å². The van der Waals surface area contributed by atoms with Crippen LogP contribution in [0.2, 0.25) is 0 Å². The fourth-order valence-corrected chi connectivity index (χ4v) is 0.935. The normalized spacial score (nSPS) is 12.1. The summed E-state index contributed by atoms with van der Waals surface area (Å²) in [6.45, 7) is 0. The Kier molecular flexibility index (Phi) is 2.65. The first kappa shape index (κ1) is 11.4. The smallest absolute Gasteiger partial charge is 0.436 e. The molecule has 9 heteroatoms. The van der Waals surface area contributed by atoms with Gasteiger partial charge in [0.05, 0.1) is 0 Å². The van der Waals surface area contributed by atoms with E-state index in [4.69, 9.17) is 5.11 Å². The number of aromatic carboxylic acids is 1. The number of hydrogen-bond acceptors (Lipinski definition) is 2. The Hall–Kier alpha value is -1.67. The molecular weight excluding hydrogens is 227 g/mol. The molecule has 4 nitrogen and oxygen atoms in total. The molecule has 0 spiro atoms. The van der Waals surface area contributed by atoms with Crippen molar-refractivity contribution in [2.24, 2.45) is 0 Å². The Morgan fingerprint density at radius 3 is 2.27 bits per heavy atom. The average molecular weight is 230 g/mol. The molecule has 2 N–H and O–H groups in total. The van der Waals surface area contributed by atoms with Crippen molar-refractivity contribution >= 4 is 5.97 Å². The lowest BCUT2D eigenvalue weighted by atomic mass is 10.2. The number of nitrogens with one attached hydrogen (secondary N) is 1. The maximum absolute atomic E-state index is 12.1. The van der Waals surface area contributed by atoms with Gasteiger partial charge in [0.2, 0.25) is 0 Å². The van der Waals surface area contributed by atoms with Crippen LogP contribution in [0.1, 0.15) is 28.2 Å². The minimum absolute atomic E-state index is 1.35. The zero-order valence-corrected chi connectivity index (χ0v) is 6.77. The molecule has 1 aromatic heterocycles. The van der Waals surface area contributed by atoms with Crippen LogP contribution < -0.4 is 0 Å². The molecule has 1 aromatic rings. The standard InChI is InChI=1S/C6H3F5N2O2/c7-4(8)2-1(5(14)15)3(13-12-2)6(9,10)11/h4H,(H,12,13)(H,14,15). The van der Waals surface area contributed by atoms with Gasteiger partial charge in [-0.15, -0.1) is 0 Å². The third kappa shape index (κ3) is 2.05. The van der Waals surface area contributed by atoms with Crippen molar-refractivity contribution < 1.29 is 31.9 Å². The van der Waals surface area contributed by atoms with Crippen LogP contribution >= 0.6 is 0 Å². The van der Waals surface area contributed by atoms with Crippen LogP contribution in [0, 0.1) is 0 Å². The van der Waals surface area contributed by atoms with Gasteiger partial charge in [-0.1, -0.05) is 0 Å². The fraction of sp³-hybridized carbons (Fsp3) is 0.333. The van der Waals surface area contributed by atoms with Gasteiger partial charge in [-0.3, -0.25) is 5.10 Å². The molecule has 0 aliphatic rings. The lowest BCUT2D eigenvalue weighted by Crippen LogP contribution is -2.13. The van der Waals surface area contributed by atoms with E-state index in [1.165, 1.54) is 5.10 Å². The number of hydrogen-bond donors (Lipinski definition) is 2. The molecule has 0 fully saturated rings. The molecule has 0 aliphatic carbocycles. The van der Waals surface area contributed by atoms with Crippen molar-refractivity contribution in [3.63, 3.8) is 0 Å². The minimum atomic E-state index is -5.09. The molecule has 0 bridgehead atoms. The quantitative estimate of drug-likeness (QED) is 0.764. The third-order valence-corrected chi connectivity index (χ3v) is 1.49. The summed E-state index contributed by atoms with van der Waals surface area (Å²) in [5.41, 5.74) is -4.75. The molecule has 1 heterocycles. The first-order valence-electron chi connectivity index (χ1n) is 3.42. The third-order valence-electron chi connectivity index (χ3n) is 1.49. The predicted octanol–water partition coefficient (Wildman–Crippen LogP) is 2.06. The summed E-state index contributed by atoms with van der Waals surface area (Å²) in [6.07, 6.45) is -8.45. The Bertz CT molecular complexity index is 383. The van der Waals surface area contributed by atoms with Gasteiger partial charge in [0.25, 0.3) is 6.43 Å². The van der Waals surface area contributed by atoms with Gasteiger partial charge in [0, 0.05) is 0 Å². The number of alkyl halides is 5. The van der Waals surface area contributed by atoms with Gasteiger partial charge in [-0.2, -0.15) is 18.3 Å². The van der Waals surface area contributed by atoms with E-state index >= 15 is 0 Å². The van der Waals surface area contributed by atoms with Gasteiger partial charge in [-0.05, 0) is 0 Å². The van der Waals surface area contributed by atoms with Crippen molar-refractivity contribution in [2.45, 2.75) is 12.6 Å². The molecule has 0 radical (unpaired) electrons. The number of nitrogens with zero attached hydrogens (tertiary/aromatic N) is 1. The van der Waals surface area contributed by atoms with Gasteiger partial charge in [-0.25, -0.2) is 13.6 Å². The van der Waals surface area contributed by atoms with E-state index in [-0.39, 0.29) is 0 Å². The van der Waals surface area contributed by atoms with E-state index in [1.807, 2.05) is 0 Å². The van der Waals surface area contributed by atoms with Crippen LogP contribution in [0.25, 0.3) is 0 Å². The lowest BCUT2D eigenvalue weighted by Gasteiger charge is -2.03. The lowest BCUT2D eigenvalue weighted by molar-refractivity contribution is -0.141. The number of carbonyl (C=O) groups is 1. The molecule has 0 saturated heterocycles. The van der Waals surface area contributed by atoms with Crippen LogP contribution in [-0.2, 0) is 6.18 Å². The summed E-state index contributed by atoms with van der Waals surface area (Å²) in [6, 6.07) is 0. The molecule has 0 aromatic carbocycles. The first-order chi connectivity index (χ1) is 6.75. The van der Waals surface area contributed by atoms with Gasteiger partial charge < -0.3 is 5.11 Å². The number of H-pyrrole nitrogens is 1. The Morgan fingerprint density at radius 1 is 1.40 bits per heavy atom. The van der Waals surface area contributed by atoms with Crippen LogP contribution in [0.4, 0.5) is 22.0 Å². The van der Waals surface area contributed by atoms with Crippen molar-refractivity contribution in [3.8, 4) is 0 Å². The number of aromatic amines is 1. The monoisotopic (exact) mass is 230 g/mol. The summed E-state index contributed by atoms with van der Waals surface area (Å²) in [5, 5.41) is 12.2. The number of rotatable bonds is 2. The maximum atomic E-state index is 12.1. The molecule has 0 amide bonds. The van der Waals surface area contributed by atoms with E-state index < -0.39 is 35.5 Å². The van der Waals surface area contributed by atoms with Gasteiger partial charge in [0.1, 0.15) is 11.3 Å². The second-order valence-corrected chi connectivity index (χ2v) is 2.46. The SMILES string of the molecule is O=C(O)c1c(C(F)(F)F)n[nH]c1C(F)F. The molecule has 0 atom stereocenters. The summed E-state index contributed by atoms with van der Waals surface area (Å²) in [7, 11) is 0. The number of carboxylic acid groups (broad SMARTS) is 1. The van der Waals surface area contributed by atoms with E-state index in [0.29, 0.717) is 0 Å². The summed E-state index contributed by atoms with van der Waals surface area (Å²) < 4.78 is 60.5.